The lowest BCUT2D eigenvalue weighted by Crippen LogP contribution is -2.07. The Balaban J connectivity index is 1.62. The Morgan fingerprint density at radius 3 is 2.80 bits per heavy atom. The van der Waals surface area contributed by atoms with Gasteiger partial charge in [-0.3, -0.25) is 4.79 Å². The fourth-order valence-corrected chi connectivity index (χ4v) is 5.04. The Morgan fingerprint density at radius 1 is 1.33 bits per heavy atom. The standard InChI is InChI=1S/C22H22ClN3O3S/c1-11(2)29-20-18(23)8-14(10-24-20)21-25-26-22(30-21)16-6-7-17-13(9-19(27)28)4-5-15(17)12(16)3/h6-8,10-11,13H,4-5,9H2,1-3H3,(H,27,28)/t13-/m1/s1. The van der Waals surface area contributed by atoms with Crippen LogP contribution >= 0.6 is 22.9 Å². The van der Waals surface area contributed by atoms with Crippen LogP contribution in [0.1, 0.15) is 49.3 Å². The van der Waals surface area contributed by atoms with E-state index in [1.54, 1.807) is 12.3 Å². The molecule has 0 bridgehead atoms. The number of fused-ring (bicyclic) bond motifs is 1. The predicted molar refractivity (Wildman–Crippen MR) is 117 cm³/mol. The number of hydrogen-bond acceptors (Lipinski definition) is 6. The highest BCUT2D eigenvalue weighted by Gasteiger charge is 2.27. The summed E-state index contributed by atoms with van der Waals surface area (Å²) in [5.74, 6) is -0.249. The number of carboxylic acid groups (broad SMARTS) is 1. The number of halogens is 1. The molecule has 0 amide bonds. The van der Waals surface area contributed by atoms with Gasteiger partial charge in [0.05, 0.1) is 12.5 Å². The van der Waals surface area contributed by atoms with E-state index < -0.39 is 5.97 Å². The zero-order valence-corrected chi connectivity index (χ0v) is 18.5. The summed E-state index contributed by atoms with van der Waals surface area (Å²) in [6, 6.07) is 5.88. The van der Waals surface area contributed by atoms with Crippen LogP contribution in [0.3, 0.4) is 0 Å². The number of hydrogen-bond donors (Lipinski definition) is 1. The quantitative estimate of drug-likeness (QED) is 0.539. The zero-order chi connectivity index (χ0) is 21.4. The van der Waals surface area contributed by atoms with Crippen LogP contribution < -0.4 is 4.74 Å². The maximum Gasteiger partial charge on any atom is 0.303 e. The van der Waals surface area contributed by atoms with Crippen LogP contribution in [0.5, 0.6) is 5.88 Å². The molecule has 1 aliphatic carbocycles. The van der Waals surface area contributed by atoms with E-state index in [1.807, 2.05) is 19.9 Å². The second-order valence-corrected chi connectivity index (χ2v) is 9.11. The first kappa shape index (κ1) is 20.8. The number of carbonyl (C=O) groups is 1. The summed E-state index contributed by atoms with van der Waals surface area (Å²) in [5, 5.41) is 19.9. The van der Waals surface area contributed by atoms with Crippen LogP contribution in [-0.2, 0) is 11.2 Å². The van der Waals surface area contributed by atoms with Crippen molar-refractivity contribution in [3.05, 3.63) is 46.1 Å². The Labute approximate surface area is 183 Å². The SMILES string of the molecule is Cc1c(-c2nnc(-c3cnc(OC(C)C)c(Cl)c3)s2)ccc2c1CC[C@@H]2CC(=O)O. The number of pyridine rings is 1. The van der Waals surface area contributed by atoms with Gasteiger partial charge >= 0.3 is 5.97 Å². The zero-order valence-electron chi connectivity index (χ0n) is 17.0. The fourth-order valence-electron chi connectivity index (χ4n) is 3.92. The maximum absolute atomic E-state index is 11.1. The molecule has 0 aliphatic heterocycles. The van der Waals surface area contributed by atoms with Crippen LogP contribution in [0.2, 0.25) is 5.02 Å². The van der Waals surface area contributed by atoms with Crippen LogP contribution in [0, 0.1) is 6.92 Å². The molecule has 8 heteroatoms. The summed E-state index contributed by atoms with van der Waals surface area (Å²) in [6.45, 7) is 5.92. The highest BCUT2D eigenvalue weighted by atomic mass is 35.5. The molecule has 6 nitrogen and oxygen atoms in total. The van der Waals surface area contributed by atoms with Crippen LogP contribution in [0.4, 0.5) is 0 Å². The van der Waals surface area contributed by atoms with Crippen molar-refractivity contribution in [2.24, 2.45) is 0 Å². The average Bonchev–Trinajstić information content (AvgIpc) is 3.31. The molecule has 2 aromatic heterocycles. The van der Waals surface area contributed by atoms with Gasteiger partial charge < -0.3 is 9.84 Å². The van der Waals surface area contributed by atoms with Gasteiger partial charge in [-0.25, -0.2) is 4.98 Å². The Morgan fingerprint density at radius 2 is 2.10 bits per heavy atom. The molecular weight excluding hydrogens is 422 g/mol. The summed E-state index contributed by atoms with van der Waals surface area (Å²) >= 11 is 7.80. The average molecular weight is 444 g/mol. The maximum atomic E-state index is 11.1. The topological polar surface area (TPSA) is 85.2 Å². The smallest absolute Gasteiger partial charge is 0.303 e. The summed E-state index contributed by atoms with van der Waals surface area (Å²) in [6.07, 6.45) is 3.64. The van der Waals surface area contributed by atoms with Gasteiger partial charge in [0, 0.05) is 17.3 Å². The summed E-state index contributed by atoms with van der Waals surface area (Å²) in [5.41, 5.74) is 5.38. The molecule has 1 aliphatic rings. The molecule has 3 aromatic rings. The van der Waals surface area contributed by atoms with E-state index in [2.05, 4.69) is 28.2 Å². The molecule has 2 heterocycles. The summed E-state index contributed by atoms with van der Waals surface area (Å²) < 4.78 is 5.59. The highest BCUT2D eigenvalue weighted by molar-refractivity contribution is 7.17. The number of benzene rings is 1. The van der Waals surface area contributed by atoms with Crippen LogP contribution in [-0.4, -0.2) is 32.4 Å². The van der Waals surface area contributed by atoms with Crippen LogP contribution in [0.25, 0.3) is 21.1 Å². The van der Waals surface area contributed by atoms with E-state index in [1.165, 1.54) is 16.9 Å². The third-order valence-electron chi connectivity index (χ3n) is 5.30. The first-order chi connectivity index (χ1) is 14.3. The predicted octanol–water partition coefficient (Wildman–Crippen LogP) is 5.52. The van der Waals surface area contributed by atoms with Crippen molar-refractivity contribution in [3.8, 4) is 27.0 Å². The van der Waals surface area contributed by atoms with Crippen molar-refractivity contribution >= 4 is 28.9 Å². The minimum absolute atomic E-state index is 0.00753. The lowest BCUT2D eigenvalue weighted by Gasteiger charge is -2.12. The number of rotatable bonds is 6. The van der Waals surface area contributed by atoms with Crippen molar-refractivity contribution in [2.45, 2.75) is 52.1 Å². The second kappa shape index (κ2) is 8.32. The van der Waals surface area contributed by atoms with Gasteiger partial charge in [0.25, 0.3) is 0 Å². The molecule has 0 saturated heterocycles. The molecule has 0 unspecified atom stereocenters. The highest BCUT2D eigenvalue weighted by Crippen LogP contribution is 2.41. The van der Waals surface area contributed by atoms with Crippen molar-refractivity contribution in [1.29, 1.82) is 0 Å². The molecule has 0 radical (unpaired) electrons. The van der Waals surface area contributed by atoms with Crippen molar-refractivity contribution in [1.82, 2.24) is 15.2 Å². The second-order valence-electron chi connectivity index (χ2n) is 7.73. The monoisotopic (exact) mass is 443 g/mol. The Hall–Kier alpha value is -2.51. The third kappa shape index (κ3) is 4.04. The van der Waals surface area contributed by atoms with Gasteiger partial charge in [0.2, 0.25) is 5.88 Å². The van der Waals surface area contributed by atoms with E-state index in [0.717, 1.165) is 45.1 Å². The lowest BCUT2D eigenvalue weighted by molar-refractivity contribution is -0.137. The van der Waals surface area contributed by atoms with Gasteiger partial charge in [-0.2, -0.15) is 0 Å². The molecule has 0 fully saturated rings. The lowest BCUT2D eigenvalue weighted by atomic mass is 9.94. The van der Waals surface area contributed by atoms with E-state index in [-0.39, 0.29) is 18.4 Å². The normalized spacial score (nSPS) is 15.4. The summed E-state index contributed by atoms with van der Waals surface area (Å²) in [4.78, 5) is 15.4. The number of aliphatic carboxylic acids is 1. The van der Waals surface area contributed by atoms with Crippen molar-refractivity contribution < 1.29 is 14.6 Å². The number of nitrogens with zero attached hydrogens (tertiary/aromatic N) is 3. The molecule has 156 valence electrons. The molecule has 0 saturated carbocycles. The van der Waals surface area contributed by atoms with Gasteiger partial charge in [0.1, 0.15) is 15.0 Å². The molecule has 0 spiro atoms. The van der Waals surface area contributed by atoms with Crippen molar-refractivity contribution in [3.63, 3.8) is 0 Å². The molecule has 1 aromatic carbocycles. The summed E-state index contributed by atoms with van der Waals surface area (Å²) in [7, 11) is 0. The van der Waals surface area contributed by atoms with E-state index in [0.29, 0.717) is 10.9 Å². The molecular formula is C22H22ClN3O3S. The number of aromatic nitrogens is 3. The number of carboxylic acids is 1. The number of ether oxygens (including phenoxy) is 1. The molecule has 30 heavy (non-hydrogen) atoms. The first-order valence-corrected chi connectivity index (χ1v) is 11.0. The minimum atomic E-state index is -0.750. The third-order valence-corrected chi connectivity index (χ3v) is 6.57. The van der Waals surface area contributed by atoms with Crippen molar-refractivity contribution in [2.75, 3.05) is 0 Å². The van der Waals surface area contributed by atoms with Gasteiger partial charge in [-0.1, -0.05) is 35.1 Å². The fraction of sp³-hybridized carbons (Fsp3) is 0.364. The van der Waals surface area contributed by atoms with E-state index in [4.69, 9.17) is 21.4 Å². The Bertz CT molecular complexity index is 1110. The Kier molecular flexibility index (Phi) is 5.75. The van der Waals surface area contributed by atoms with Gasteiger partial charge in [-0.15, -0.1) is 10.2 Å². The molecule has 4 rings (SSSR count). The van der Waals surface area contributed by atoms with Gasteiger partial charge in [0.15, 0.2) is 0 Å². The first-order valence-electron chi connectivity index (χ1n) is 9.84. The van der Waals surface area contributed by atoms with Gasteiger partial charge in [-0.05, 0) is 62.3 Å². The minimum Gasteiger partial charge on any atom is -0.481 e. The van der Waals surface area contributed by atoms with E-state index >= 15 is 0 Å². The molecule has 1 atom stereocenters. The largest absolute Gasteiger partial charge is 0.481 e. The van der Waals surface area contributed by atoms with Crippen LogP contribution in [0.15, 0.2) is 24.4 Å². The molecule has 1 N–H and O–H groups in total. The van der Waals surface area contributed by atoms with E-state index in [9.17, 15) is 4.79 Å².